The highest BCUT2D eigenvalue weighted by atomic mass is 79.9. The van der Waals surface area contributed by atoms with Crippen molar-refractivity contribution < 1.29 is 9.47 Å². The molecule has 0 spiro atoms. The number of nitrogens with one attached hydrogen (secondary N) is 1. The molecule has 1 fully saturated rings. The number of halogens is 1. The van der Waals surface area contributed by atoms with E-state index in [0.717, 1.165) is 58.8 Å². The summed E-state index contributed by atoms with van der Waals surface area (Å²) in [5.74, 6) is 1.82. The highest BCUT2D eigenvalue weighted by Gasteiger charge is 2.34. The zero-order valence-electron chi connectivity index (χ0n) is 18.1. The van der Waals surface area contributed by atoms with Crippen LogP contribution < -0.4 is 10.1 Å². The molecule has 0 aliphatic carbocycles. The van der Waals surface area contributed by atoms with Gasteiger partial charge in [-0.25, -0.2) is 4.98 Å². The largest absolute Gasteiger partial charge is 0.497 e. The fourth-order valence-corrected chi connectivity index (χ4v) is 4.93. The van der Waals surface area contributed by atoms with Crippen LogP contribution in [0.1, 0.15) is 24.2 Å². The number of fused-ring (bicyclic) bond motifs is 1. The summed E-state index contributed by atoms with van der Waals surface area (Å²) >= 11 is 3.64. The Morgan fingerprint density at radius 1 is 1.03 bits per heavy atom. The summed E-state index contributed by atoms with van der Waals surface area (Å²) in [5.41, 5.74) is 4.29. The molecular weight excluding hydrogens is 466 g/mol. The van der Waals surface area contributed by atoms with Gasteiger partial charge in [0.1, 0.15) is 11.6 Å². The van der Waals surface area contributed by atoms with Crippen LogP contribution in [0.4, 0.5) is 0 Å². The summed E-state index contributed by atoms with van der Waals surface area (Å²) in [6, 6.07) is 25.0. The standard InChI is InChI=1S/C26H26BrN3O2/c1-31-22-11-9-21(10-12-22)30-24-8-3-2-7-23(24)29-25(30)18-28-26(13-15-32-16-14-26)19-5-4-6-20(27)17-19/h2-12,17,28H,13-16,18H2,1H3. The number of methoxy groups -OCH3 is 1. The second-order valence-electron chi connectivity index (χ2n) is 8.11. The van der Waals surface area contributed by atoms with Crippen molar-refractivity contribution in [2.24, 2.45) is 0 Å². The van der Waals surface area contributed by atoms with E-state index >= 15 is 0 Å². The molecule has 6 heteroatoms. The number of hydrogen-bond donors (Lipinski definition) is 1. The SMILES string of the molecule is COc1ccc(-n2c(CNC3(c4cccc(Br)c4)CCOCC3)nc3ccccc32)cc1. The summed E-state index contributed by atoms with van der Waals surface area (Å²) < 4.78 is 14.4. The molecule has 0 atom stereocenters. The number of aromatic nitrogens is 2. The van der Waals surface area contributed by atoms with Crippen LogP contribution in [0, 0.1) is 0 Å². The minimum Gasteiger partial charge on any atom is -0.497 e. The Balaban J connectivity index is 1.53. The molecule has 4 aromatic rings. The molecular formula is C26H26BrN3O2. The second-order valence-corrected chi connectivity index (χ2v) is 9.02. The van der Waals surface area contributed by atoms with E-state index in [2.05, 4.69) is 80.4 Å². The molecule has 2 heterocycles. The fourth-order valence-electron chi connectivity index (χ4n) is 4.54. The maximum atomic E-state index is 5.71. The number of nitrogens with zero attached hydrogens (tertiary/aromatic N) is 2. The van der Waals surface area contributed by atoms with Gasteiger partial charge in [-0.1, -0.05) is 40.2 Å². The predicted octanol–water partition coefficient (Wildman–Crippen LogP) is 5.59. The first kappa shape index (κ1) is 21.2. The van der Waals surface area contributed by atoms with Crippen molar-refractivity contribution in [1.29, 1.82) is 0 Å². The predicted molar refractivity (Wildman–Crippen MR) is 130 cm³/mol. The molecule has 5 rings (SSSR count). The van der Waals surface area contributed by atoms with Crippen LogP contribution in [0.2, 0.25) is 0 Å². The molecule has 3 aromatic carbocycles. The van der Waals surface area contributed by atoms with E-state index in [1.165, 1.54) is 5.56 Å². The van der Waals surface area contributed by atoms with Gasteiger partial charge >= 0.3 is 0 Å². The van der Waals surface area contributed by atoms with E-state index < -0.39 is 0 Å². The number of hydrogen-bond acceptors (Lipinski definition) is 4. The molecule has 1 aromatic heterocycles. The summed E-state index contributed by atoms with van der Waals surface area (Å²) in [6.45, 7) is 2.13. The van der Waals surface area contributed by atoms with Crippen LogP contribution in [-0.2, 0) is 16.8 Å². The van der Waals surface area contributed by atoms with Gasteiger partial charge in [-0.15, -0.1) is 0 Å². The maximum Gasteiger partial charge on any atom is 0.128 e. The first-order valence-corrected chi connectivity index (χ1v) is 11.7. The highest BCUT2D eigenvalue weighted by molar-refractivity contribution is 9.10. The number of rotatable bonds is 6. The van der Waals surface area contributed by atoms with E-state index in [4.69, 9.17) is 14.5 Å². The lowest BCUT2D eigenvalue weighted by Crippen LogP contribution is -2.46. The normalized spacial score (nSPS) is 15.7. The van der Waals surface area contributed by atoms with Gasteiger partial charge in [0.2, 0.25) is 0 Å². The van der Waals surface area contributed by atoms with E-state index in [-0.39, 0.29) is 5.54 Å². The van der Waals surface area contributed by atoms with Gasteiger partial charge in [0.25, 0.3) is 0 Å². The van der Waals surface area contributed by atoms with Gasteiger partial charge in [-0.2, -0.15) is 0 Å². The van der Waals surface area contributed by atoms with Gasteiger partial charge in [0.15, 0.2) is 0 Å². The van der Waals surface area contributed by atoms with E-state index in [9.17, 15) is 0 Å². The van der Waals surface area contributed by atoms with Crippen molar-refractivity contribution in [2.45, 2.75) is 24.9 Å². The minimum absolute atomic E-state index is 0.148. The van der Waals surface area contributed by atoms with Crippen LogP contribution in [0.3, 0.4) is 0 Å². The van der Waals surface area contributed by atoms with Gasteiger partial charge in [-0.05, 0) is 66.9 Å². The topological polar surface area (TPSA) is 48.3 Å². The third-order valence-corrected chi connectivity index (χ3v) is 6.76. The molecule has 0 bridgehead atoms. The molecule has 1 saturated heterocycles. The number of imidazole rings is 1. The Hall–Kier alpha value is -2.67. The van der Waals surface area contributed by atoms with Crippen molar-refractivity contribution in [3.63, 3.8) is 0 Å². The number of ether oxygens (including phenoxy) is 2. The van der Waals surface area contributed by atoms with Crippen molar-refractivity contribution in [2.75, 3.05) is 20.3 Å². The van der Waals surface area contributed by atoms with Gasteiger partial charge in [0.05, 0.1) is 24.7 Å². The lowest BCUT2D eigenvalue weighted by Gasteiger charge is -2.39. The molecule has 0 amide bonds. The van der Waals surface area contributed by atoms with Crippen molar-refractivity contribution in [3.05, 3.63) is 88.7 Å². The Kier molecular flexibility index (Phi) is 6.00. The molecule has 1 aliphatic heterocycles. The molecule has 1 aliphatic rings. The molecule has 164 valence electrons. The number of benzene rings is 3. The smallest absolute Gasteiger partial charge is 0.128 e. The average Bonchev–Trinajstić information content (AvgIpc) is 3.22. The van der Waals surface area contributed by atoms with Crippen molar-refractivity contribution >= 4 is 27.0 Å². The fraction of sp³-hybridized carbons (Fsp3) is 0.269. The third kappa shape index (κ3) is 4.06. The first-order chi connectivity index (χ1) is 15.7. The third-order valence-electron chi connectivity index (χ3n) is 6.27. The van der Waals surface area contributed by atoms with Crippen molar-refractivity contribution in [1.82, 2.24) is 14.9 Å². The maximum absolute atomic E-state index is 5.71. The second kappa shape index (κ2) is 9.06. The Morgan fingerprint density at radius 2 is 1.81 bits per heavy atom. The Morgan fingerprint density at radius 3 is 2.56 bits per heavy atom. The molecule has 5 nitrogen and oxygen atoms in total. The summed E-state index contributed by atoms with van der Waals surface area (Å²) in [5, 5.41) is 3.88. The van der Waals surface area contributed by atoms with E-state index in [1.54, 1.807) is 7.11 Å². The quantitative estimate of drug-likeness (QED) is 0.381. The molecule has 32 heavy (non-hydrogen) atoms. The molecule has 1 N–H and O–H groups in total. The zero-order chi connectivity index (χ0) is 22.0. The van der Waals surface area contributed by atoms with Crippen LogP contribution in [-0.4, -0.2) is 29.9 Å². The summed E-state index contributed by atoms with van der Waals surface area (Å²) in [7, 11) is 1.69. The van der Waals surface area contributed by atoms with Gasteiger partial charge in [-0.3, -0.25) is 4.57 Å². The molecule has 0 unspecified atom stereocenters. The molecule has 0 radical (unpaired) electrons. The first-order valence-electron chi connectivity index (χ1n) is 10.9. The summed E-state index contributed by atoms with van der Waals surface area (Å²) in [6.07, 6.45) is 1.85. The minimum atomic E-state index is -0.148. The lowest BCUT2D eigenvalue weighted by molar-refractivity contribution is 0.0354. The van der Waals surface area contributed by atoms with Crippen LogP contribution in [0.25, 0.3) is 16.7 Å². The number of para-hydroxylation sites is 2. The lowest BCUT2D eigenvalue weighted by atomic mass is 9.82. The Labute approximate surface area is 196 Å². The van der Waals surface area contributed by atoms with Crippen molar-refractivity contribution in [3.8, 4) is 11.4 Å². The van der Waals surface area contributed by atoms with E-state index in [1.807, 2.05) is 18.2 Å². The van der Waals surface area contributed by atoms with E-state index in [0.29, 0.717) is 6.54 Å². The zero-order valence-corrected chi connectivity index (χ0v) is 19.6. The van der Waals surface area contributed by atoms with Crippen LogP contribution >= 0.6 is 15.9 Å². The van der Waals surface area contributed by atoms with Gasteiger partial charge in [0, 0.05) is 28.9 Å². The van der Waals surface area contributed by atoms with Gasteiger partial charge < -0.3 is 14.8 Å². The van der Waals surface area contributed by atoms with Crippen LogP contribution in [0.15, 0.2) is 77.3 Å². The highest BCUT2D eigenvalue weighted by Crippen LogP contribution is 2.34. The monoisotopic (exact) mass is 491 g/mol. The van der Waals surface area contributed by atoms with Crippen LogP contribution in [0.5, 0.6) is 5.75 Å². The average molecular weight is 492 g/mol. The Bertz CT molecular complexity index is 1210. The summed E-state index contributed by atoms with van der Waals surface area (Å²) in [4.78, 5) is 4.99. The molecule has 0 saturated carbocycles.